The second-order valence-corrected chi connectivity index (χ2v) is 18.9. The molecule has 0 bridgehead atoms. The zero-order chi connectivity index (χ0) is 45.7. The molecule has 0 radical (unpaired) electrons. The number of thiol groups is 1. The van der Waals surface area contributed by atoms with Gasteiger partial charge in [-0.3, -0.25) is 24.0 Å². The topological polar surface area (TPSA) is 166 Å². The monoisotopic (exact) mass is 925 g/mol. The lowest BCUT2D eigenvalue weighted by atomic mass is 9.80. The lowest BCUT2D eigenvalue weighted by molar-refractivity contribution is -0.154. The molecule has 2 aliphatic rings. The fraction of sp³-hybridized carbons (Fsp3) is 0.184. The predicted octanol–water partition coefficient (Wildman–Crippen LogP) is 8.09. The highest BCUT2D eigenvalue weighted by atomic mass is 32.2. The molecule has 3 heterocycles. The third kappa shape index (κ3) is 9.51. The Kier molecular flexibility index (Phi) is 13.1. The van der Waals surface area contributed by atoms with Crippen LogP contribution >= 0.6 is 24.0 Å². The summed E-state index contributed by atoms with van der Waals surface area (Å²) in [5.74, 6) is -2.66. The second-order valence-electron chi connectivity index (χ2n) is 16.0. The highest BCUT2D eigenvalue weighted by Crippen LogP contribution is 2.42. The number of oxime groups is 1. The van der Waals surface area contributed by atoms with Crippen molar-refractivity contribution in [3.05, 3.63) is 201 Å². The number of fused-ring (bicyclic) bond motifs is 1. The van der Waals surface area contributed by atoms with Crippen molar-refractivity contribution in [2.45, 2.75) is 49.5 Å². The number of hydrogen-bond donors (Lipinski definition) is 3. The van der Waals surface area contributed by atoms with Crippen LogP contribution in [0, 0.1) is 0 Å². The van der Waals surface area contributed by atoms with Crippen molar-refractivity contribution in [1.29, 1.82) is 0 Å². The molecule has 1 fully saturated rings. The van der Waals surface area contributed by atoms with Gasteiger partial charge in [0.05, 0.1) is 16.6 Å². The quantitative estimate of drug-likeness (QED) is 0.0259. The third-order valence-electron chi connectivity index (χ3n) is 10.4. The van der Waals surface area contributed by atoms with E-state index in [9.17, 15) is 23.4 Å². The summed E-state index contributed by atoms with van der Waals surface area (Å²) in [4.78, 5) is 68.1. The van der Waals surface area contributed by atoms with Crippen molar-refractivity contribution in [2.75, 3.05) is 11.1 Å². The molecule has 3 atom stereocenters. The van der Waals surface area contributed by atoms with E-state index in [1.807, 2.05) is 152 Å². The molecular formula is C49H43N5O8S3. The summed E-state index contributed by atoms with van der Waals surface area (Å²) in [6.07, 6.45) is -1.60. The summed E-state index contributed by atoms with van der Waals surface area (Å²) < 4.78 is 25.3. The zero-order valence-corrected chi connectivity index (χ0v) is 37.8. The maximum atomic E-state index is 14.7. The number of ether oxygens (including phenoxy) is 2. The van der Waals surface area contributed by atoms with Crippen molar-refractivity contribution in [2.24, 2.45) is 5.16 Å². The van der Waals surface area contributed by atoms with Gasteiger partial charge in [0, 0.05) is 27.0 Å². The number of carbonyl (C=O) groups is 4. The molecule has 2 N–H and O–H groups in total. The number of nitrogens with zero attached hydrogens (tertiary/aromatic N) is 3. The van der Waals surface area contributed by atoms with Crippen LogP contribution < -0.4 is 10.6 Å². The summed E-state index contributed by atoms with van der Waals surface area (Å²) >= 11 is 5.53. The highest BCUT2D eigenvalue weighted by molar-refractivity contribution is 7.90. The van der Waals surface area contributed by atoms with Gasteiger partial charge in [-0.2, -0.15) is 0 Å². The first-order chi connectivity index (χ1) is 31.3. The van der Waals surface area contributed by atoms with Crippen molar-refractivity contribution in [1.82, 2.24) is 15.2 Å². The average molecular weight is 926 g/mol. The molecular weight excluding hydrogens is 883 g/mol. The molecule has 65 heavy (non-hydrogen) atoms. The summed E-state index contributed by atoms with van der Waals surface area (Å²) in [6, 6.07) is 45.0. The maximum absolute atomic E-state index is 14.7. The van der Waals surface area contributed by atoms with E-state index >= 15 is 0 Å². The van der Waals surface area contributed by atoms with Crippen LogP contribution in [0.3, 0.4) is 0 Å². The number of nitrogens with one attached hydrogen (secondary N) is 2. The molecule has 16 heteroatoms. The van der Waals surface area contributed by atoms with Crippen molar-refractivity contribution >= 4 is 69.5 Å². The molecule has 5 aromatic carbocycles. The van der Waals surface area contributed by atoms with E-state index in [1.54, 1.807) is 20.8 Å². The van der Waals surface area contributed by atoms with E-state index in [2.05, 4.69) is 33.4 Å². The molecule has 3 amide bonds. The Hall–Kier alpha value is -6.88. The molecule has 0 saturated carbocycles. The fourth-order valence-electron chi connectivity index (χ4n) is 7.53. The Bertz CT molecular complexity index is 2650. The minimum absolute atomic E-state index is 0.00953. The molecule has 0 spiro atoms. The van der Waals surface area contributed by atoms with E-state index in [0.717, 1.165) is 16.2 Å². The van der Waals surface area contributed by atoms with Crippen LogP contribution in [0.5, 0.6) is 0 Å². The summed E-state index contributed by atoms with van der Waals surface area (Å²) in [7, 11) is -1.81. The Labute approximate surface area is 387 Å². The normalized spacial score (nSPS) is 17.4. The number of aromatic nitrogens is 1. The Morgan fingerprint density at radius 3 is 1.78 bits per heavy atom. The largest absolute Gasteiger partial charge is 0.448 e. The van der Waals surface area contributed by atoms with Crippen LogP contribution in [-0.2, 0) is 45.1 Å². The van der Waals surface area contributed by atoms with E-state index in [0.29, 0.717) is 27.8 Å². The van der Waals surface area contributed by atoms with Crippen molar-refractivity contribution < 1.29 is 37.7 Å². The number of amides is 3. The van der Waals surface area contributed by atoms with Gasteiger partial charge in [0.15, 0.2) is 16.9 Å². The lowest BCUT2D eigenvalue weighted by Gasteiger charge is -2.48. The minimum Gasteiger partial charge on any atom is -0.448 e. The third-order valence-corrected chi connectivity index (χ3v) is 13.3. The first-order valence-electron chi connectivity index (χ1n) is 20.5. The Morgan fingerprint density at radius 2 is 1.29 bits per heavy atom. The van der Waals surface area contributed by atoms with Gasteiger partial charge in [0.1, 0.15) is 28.4 Å². The van der Waals surface area contributed by atoms with E-state index < -0.39 is 63.4 Å². The average Bonchev–Trinajstić information content (AvgIpc) is 3.77. The van der Waals surface area contributed by atoms with Gasteiger partial charge in [-0.25, -0.2) is 14.6 Å². The number of anilines is 1. The van der Waals surface area contributed by atoms with Gasteiger partial charge in [-0.15, -0.1) is 24.0 Å². The molecule has 2 aliphatic heterocycles. The van der Waals surface area contributed by atoms with Gasteiger partial charge in [-0.05, 0) is 31.9 Å². The highest BCUT2D eigenvalue weighted by Gasteiger charge is 2.57. The van der Waals surface area contributed by atoms with Crippen LogP contribution in [0.2, 0.25) is 0 Å². The standard InChI is InChI=1S/C49H43N5O8S3/c1-48(2,3)61-47(58)52-46-50-36(29-64-46)38(53-62-49(33-23-13-6-14-24-33,34-25-15-7-16-26-34)35-27-17-8-18-28-35)42(55)51-39-43(56)54-40(37(63)30-65(59)44(39)54)45(57)60-41(31-19-9-4-10-20-31)32-21-11-5-12-22-32/h4-29,39,41,44,63H,30H2,1-3H3,(H,51,55)(H,50,52,58)/b53-38-/t39-,44+,65?/m1/s1. The number of hydrogen-bond acceptors (Lipinski definition) is 12. The molecule has 13 nitrogen and oxygen atoms in total. The molecule has 8 rings (SSSR count). The van der Waals surface area contributed by atoms with E-state index in [-0.39, 0.29) is 32.9 Å². The predicted molar refractivity (Wildman–Crippen MR) is 251 cm³/mol. The first-order valence-corrected chi connectivity index (χ1v) is 23.2. The van der Waals surface area contributed by atoms with Gasteiger partial charge >= 0.3 is 12.1 Å². The zero-order valence-electron chi connectivity index (χ0n) is 35.3. The fourth-order valence-corrected chi connectivity index (χ4v) is 10.3. The van der Waals surface area contributed by atoms with Crippen LogP contribution in [-0.4, -0.2) is 66.5 Å². The van der Waals surface area contributed by atoms with Crippen LogP contribution in [0.15, 0.2) is 173 Å². The molecule has 1 saturated heterocycles. The van der Waals surface area contributed by atoms with Gasteiger partial charge in [0.25, 0.3) is 11.8 Å². The van der Waals surface area contributed by atoms with Crippen LogP contribution in [0.1, 0.15) is 60.4 Å². The lowest BCUT2D eigenvalue weighted by Crippen LogP contribution is -2.74. The first kappa shape index (κ1) is 44.7. The van der Waals surface area contributed by atoms with Crippen molar-refractivity contribution in [3.8, 4) is 0 Å². The molecule has 6 aromatic rings. The maximum Gasteiger partial charge on any atom is 0.413 e. The van der Waals surface area contributed by atoms with Crippen molar-refractivity contribution in [3.63, 3.8) is 0 Å². The SMILES string of the molecule is CC(C)(C)OC(=O)Nc1nc(/C(=N/OC(c2ccccc2)(c2ccccc2)c2ccccc2)C(=O)N[C@@H]2C(=O)N3C(C(=O)OC(c4ccccc4)c4ccccc4)=C(S)CS(=O)[C@@H]23)cs1. The molecule has 1 aromatic heterocycles. The Balaban J connectivity index is 1.13. The number of benzene rings is 5. The van der Waals surface area contributed by atoms with Gasteiger partial charge in [-0.1, -0.05) is 157 Å². The molecule has 1 unspecified atom stereocenters. The second kappa shape index (κ2) is 19.1. The number of esters is 1. The Morgan fingerprint density at radius 1 is 0.800 bits per heavy atom. The number of β-lactam (4-membered cyclic amide) rings is 1. The summed E-state index contributed by atoms with van der Waals surface area (Å²) in [5, 5.41) is 10.3. The smallest absolute Gasteiger partial charge is 0.413 e. The number of carbonyl (C=O) groups excluding carboxylic acids is 4. The van der Waals surface area contributed by atoms with Gasteiger partial charge in [0.2, 0.25) is 5.60 Å². The number of thiazole rings is 1. The summed E-state index contributed by atoms with van der Waals surface area (Å²) in [6.45, 7) is 5.16. The molecule has 330 valence electrons. The van der Waals surface area contributed by atoms with E-state index in [4.69, 9.17) is 14.3 Å². The number of rotatable bonds is 13. The summed E-state index contributed by atoms with van der Waals surface area (Å²) in [5.41, 5.74) is 0.685. The minimum atomic E-state index is -1.81. The molecule has 0 aliphatic carbocycles. The van der Waals surface area contributed by atoms with Crippen LogP contribution in [0.25, 0.3) is 0 Å². The van der Waals surface area contributed by atoms with Crippen LogP contribution in [0.4, 0.5) is 9.93 Å². The van der Waals surface area contributed by atoms with Gasteiger partial charge < -0.3 is 19.6 Å². The van der Waals surface area contributed by atoms with E-state index in [1.165, 1.54) is 5.38 Å².